The molecule has 0 aliphatic heterocycles. The Kier molecular flexibility index (Phi) is 3.59. The predicted molar refractivity (Wildman–Crippen MR) is 62.2 cm³/mol. The molecule has 8 heteroatoms. The van der Waals surface area contributed by atoms with Crippen LogP contribution in [0.4, 0.5) is 19.0 Å². The lowest BCUT2D eigenvalue weighted by molar-refractivity contribution is -0.144. The summed E-state index contributed by atoms with van der Waals surface area (Å²) in [6, 6.07) is 1.41. The van der Waals surface area contributed by atoms with Gasteiger partial charge in [-0.2, -0.15) is 13.2 Å². The Hall–Kier alpha value is -2.25. The molecular formula is C11H10F3N5. The van der Waals surface area contributed by atoms with Crippen LogP contribution in [0.25, 0.3) is 11.4 Å². The van der Waals surface area contributed by atoms with Gasteiger partial charge in [-0.1, -0.05) is 0 Å². The Morgan fingerprint density at radius 1 is 1.16 bits per heavy atom. The fourth-order valence-corrected chi connectivity index (χ4v) is 1.41. The minimum Gasteiger partial charge on any atom is -0.370 e. The third-order valence-electron chi connectivity index (χ3n) is 2.16. The van der Waals surface area contributed by atoms with Crippen LogP contribution in [0.1, 0.15) is 12.7 Å². The van der Waals surface area contributed by atoms with Gasteiger partial charge in [0.25, 0.3) is 0 Å². The predicted octanol–water partition coefficient (Wildman–Crippen LogP) is 2.38. The normalized spacial score (nSPS) is 11.4. The lowest BCUT2D eigenvalue weighted by atomic mass is 10.3. The zero-order valence-corrected chi connectivity index (χ0v) is 9.94. The molecule has 100 valence electrons. The van der Waals surface area contributed by atoms with Crippen LogP contribution in [0, 0.1) is 0 Å². The van der Waals surface area contributed by atoms with Crippen molar-refractivity contribution in [1.29, 1.82) is 0 Å². The number of aromatic nitrogens is 4. The molecule has 0 amide bonds. The summed E-state index contributed by atoms with van der Waals surface area (Å²) >= 11 is 0. The largest absolute Gasteiger partial charge is 0.451 e. The number of alkyl halides is 3. The van der Waals surface area contributed by atoms with Crippen molar-refractivity contribution >= 4 is 5.82 Å². The average Bonchev–Trinajstić information content (AvgIpc) is 2.39. The molecule has 2 heterocycles. The van der Waals surface area contributed by atoms with E-state index < -0.39 is 12.0 Å². The SMILES string of the molecule is CCNc1cc(-c2cnccn2)nc(C(F)(F)F)n1. The van der Waals surface area contributed by atoms with E-state index in [1.54, 1.807) is 6.92 Å². The Morgan fingerprint density at radius 3 is 2.53 bits per heavy atom. The molecular weight excluding hydrogens is 259 g/mol. The molecule has 2 aromatic heterocycles. The summed E-state index contributed by atoms with van der Waals surface area (Å²) in [5.41, 5.74) is 0.334. The number of nitrogens with zero attached hydrogens (tertiary/aromatic N) is 4. The maximum absolute atomic E-state index is 12.7. The van der Waals surface area contributed by atoms with Gasteiger partial charge in [0, 0.05) is 25.0 Å². The third-order valence-corrected chi connectivity index (χ3v) is 2.16. The Bertz CT molecular complexity index is 556. The van der Waals surface area contributed by atoms with Crippen molar-refractivity contribution in [3.05, 3.63) is 30.5 Å². The van der Waals surface area contributed by atoms with Crippen LogP contribution in [0.15, 0.2) is 24.7 Å². The number of hydrogen-bond acceptors (Lipinski definition) is 5. The van der Waals surface area contributed by atoms with Gasteiger partial charge < -0.3 is 5.32 Å². The van der Waals surface area contributed by atoms with Crippen molar-refractivity contribution < 1.29 is 13.2 Å². The number of hydrogen-bond donors (Lipinski definition) is 1. The van der Waals surface area contributed by atoms with Gasteiger partial charge in [-0.25, -0.2) is 9.97 Å². The van der Waals surface area contributed by atoms with Crippen molar-refractivity contribution in [3.63, 3.8) is 0 Å². The molecule has 0 atom stereocenters. The maximum atomic E-state index is 12.7. The van der Waals surface area contributed by atoms with E-state index in [9.17, 15) is 13.2 Å². The van der Waals surface area contributed by atoms with Gasteiger partial charge in [0.15, 0.2) is 0 Å². The number of rotatable bonds is 3. The third kappa shape index (κ3) is 3.15. The lowest BCUT2D eigenvalue weighted by Crippen LogP contribution is -2.14. The summed E-state index contributed by atoms with van der Waals surface area (Å²) in [4.78, 5) is 14.6. The molecule has 0 saturated carbocycles. The first-order chi connectivity index (χ1) is 9.00. The molecule has 0 fully saturated rings. The van der Waals surface area contributed by atoms with Gasteiger partial charge in [-0.15, -0.1) is 0 Å². The van der Waals surface area contributed by atoms with Crippen LogP contribution in [-0.4, -0.2) is 26.5 Å². The topological polar surface area (TPSA) is 63.6 Å². The summed E-state index contributed by atoms with van der Waals surface area (Å²) in [7, 11) is 0. The van der Waals surface area contributed by atoms with E-state index in [0.717, 1.165) is 0 Å². The second-order valence-corrected chi connectivity index (χ2v) is 3.58. The van der Waals surface area contributed by atoms with E-state index in [1.165, 1.54) is 24.7 Å². The highest BCUT2D eigenvalue weighted by atomic mass is 19.4. The Labute approximate surface area is 107 Å². The van der Waals surface area contributed by atoms with E-state index in [-0.39, 0.29) is 17.2 Å². The maximum Gasteiger partial charge on any atom is 0.451 e. The van der Waals surface area contributed by atoms with Gasteiger partial charge in [-0.05, 0) is 6.92 Å². The average molecular weight is 269 g/mol. The van der Waals surface area contributed by atoms with Gasteiger partial charge in [0.05, 0.1) is 11.9 Å². The molecule has 5 nitrogen and oxygen atoms in total. The summed E-state index contributed by atoms with van der Waals surface area (Å²) in [6.45, 7) is 2.21. The highest BCUT2D eigenvalue weighted by Gasteiger charge is 2.35. The van der Waals surface area contributed by atoms with Crippen LogP contribution in [-0.2, 0) is 6.18 Å². The minimum atomic E-state index is -4.61. The van der Waals surface area contributed by atoms with Crippen LogP contribution in [0.5, 0.6) is 0 Å². The molecule has 2 aromatic rings. The highest BCUT2D eigenvalue weighted by Crippen LogP contribution is 2.29. The first-order valence-corrected chi connectivity index (χ1v) is 5.47. The standard InChI is InChI=1S/C11H10F3N5/c1-2-16-9-5-7(8-6-15-3-4-17-8)18-10(19-9)11(12,13)14/h3-6H,2H2,1H3,(H,16,18,19). The monoisotopic (exact) mass is 269 g/mol. The smallest absolute Gasteiger partial charge is 0.370 e. The van der Waals surface area contributed by atoms with Gasteiger partial charge in [-0.3, -0.25) is 9.97 Å². The fourth-order valence-electron chi connectivity index (χ4n) is 1.41. The second-order valence-electron chi connectivity index (χ2n) is 3.58. The molecule has 2 rings (SSSR count). The summed E-state index contributed by atoms with van der Waals surface area (Å²) < 4.78 is 38.1. The number of halogens is 3. The lowest BCUT2D eigenvalue weighted by Gasteiger charge is -2.10. The highest BCUT2D eigenvalue weighted by molar-refractivity contribution is 5.57. The van der Waals surface area contributed by atoms with Crippen molar-refractivity contribution in [2.75, 3.05) is 11.9 Å². The molecule has 19 heavy (non-hydrogen) atoms. The molecule has 0 spiro atoms. The van der Waals surface area contributed by atoms with E-state index in [1.807, 2.05) is 0 Å². The van der Waals surface area contributed by atoms with Crippen molar-refractivity contribution in [1.82, 2.24) is 19.9 Å². The second kappa shape index (κ2) is 5.17. The van der Waals surface area contributed by atoms with Gasteiger partial charge in [0.1, 0.15) is 11.5 Å². The van der Waals surface area contributed by atoms with Crippen LogP contribution in [0.2, 0.25) is 0 Å². The molecule has 0 saturated heterocycles. The van der Waals surface area contributed by atoms with Crippen molar-refractivity contribution in [2.24, 2.45) is 0 Å². The van der Waals surface area contributed by atoms with E-state index in [0.29, 0.717) is 6.54 Å². The van der Waals surface area contributed by atoms with Crippen LogP contribution >= 0.6 is 0 Å². The van der Waals surface area contributed by atoms with Crippen molar-refractivity contribution in [2.45, 2.75) is 13.1 Å². The first-order valence-electron chi connectivity index (χ1n) is 5.47. The van der Waals surface area contributed by atoms with Crippen LogP contribution < -0.4 is 5.32 Å². The summed E-state index contributed by atoms with van der Waals surface area (Å²) in [6.07, 6.45) is -0.446. The molecule has 0 unspecified atom stereocenters. The molecule has 1 N–H and O–H groups in total. The summed E-state index contributed by atoms with van der Waals surface area (Å²) in [5.74, 6) is -1.10. The zero-order chi connectivity index (χ0) is 13.9. The molecule has 0 aromatic carbocycles. The van der Waals surface area contributed by atoms with Crippen LogP contribution in [0.3, 0.4) is 0 Å². The molecule has 0 aliphatic rings. The summed E-state index contributed by atoms with van der Waals surface area (Å²) in [5, 5.41) is 2.73. The Morgan fingerprint density at radius 2 is 1.95 bits per heavy atom. The molecule has 0 bridgehead atoms. The molecule has 0 aliphatic carbocycles. The van der Waals surface area contributed by atoms with E-state index in [2.05, 4.69) is 25.3 Å². The zero-order valence-electron chi connectivity index (χ0n) is 9.94. The first kappa shape index (κ1) is 13.2. The number of anilines is 1. The fraction of sp³-hybridized carbons (Fsp3) is 0.273. The van der Waals surface area contributed by atoms with E-state index in [4.69, 9.17) is 0 Å². The van der Waals surface area contributed by atoms with Crippen molar-refractivity contribution in [3.8, 4) is 11.4 Å². The minimum absolute atomic E-state index is 0.0753. The van der Waals surface area contributed by atoms with Gasteiger partial charge >= 0.3 is 6.18 Å². The van der Waals surface area contributed by atoms with Gasteiger partial charge in [0.2, 0.25) is 5.82 Å². The van der Waals surface area contributed by atoms with E-state index >= 15 is 0 Å². The Balaban J connectivity index is 2.52. The molecule has 0 radical (unpaired) electrons. The number of nitrogens with one attached hydrogen (secondary N) is 1. The quantitative estimate of drug-likeness (QED) is 0.926.